The van der Waals surface area contributed by atoms with Crippen LogP contribution in [0.2, 0.25) is 0 Å². The molecule has 3 rings (SSSR count). The molecule has 3 aromatic rings. The van der Waals surface area contributed by atoms with Gasteiger partial charge >= 0.3 is 5.97 Å². The molecular formula is C18H18N4O3S2. The molecule has 3 aromatic heterocycles. The summed E-state index contributed by atoms with van der Waals surface area (Å²) in [6.07, 6.45) is 3.15. The molecule has 0 fully saturated rings. The van der Waals surface area contributed by atoms with Gasteiger partial charge in [0.2, 0.25) is 0 Å². The maximum Gasteiger partial charge on any atom is 0.346 e. The first-order valence-electron chi connectivity index (χ1n) is 7.94. The van der Waals surface area contributed by atoms with Gasteiger partial charge in [-0.25, -0.2) is 14.8 Å². The summed E-state index contributed by atoms with van der Waals surface area (Å²) in [5.41, 5.74) is 1.73. The molecule has 0 aromatic carbocycles. The number of aromatic nitrogens is 3. The number of fused-ring (bicyclic) bond motifs is 3. The number of methoxy groups -OCH3 is 1. The van der Waals surface area contributed by atoms with Crippen molar-refractivity contribution >= 4 is 60.9 Å². The second kappa shape index (κ2) is 7.53. The van der Waals surface area contributed by atoms with Crippen LogP contribution in [0.25, 0.3) is 26.1 Å². The van der Waals surface area contributed by atoms with Gasteiger partial charge in [-0.15, -0.1) is 11.3 Å². The van der Waals surface area contributed by atoms with E-state index >= 15 is 0 Å². The Balaban J connectivity index is 2.32. The third-order valence-electron chi connectivity index (χ3n) is 4.00. The molecule has 7 nitrogen and oxygen atoms in total. The van der Waals surface area contributed by atoms with Crippen LogP contribution in [-0.4, -0.2) is 41.7 Å². The lowest BCUT2D eigenvalue weighted by Gasteiger charge is -2.13. The highest BCUT2D eigenvalue weighted by molar-refractivity contribution is 8.06. The Morgan fingerprint density at radius 2 is 2.15 bits per heavy atom. The maximum atomic E-state index is 13.1. The number of hydrogen-bond donors (Lipinski definition) is 0. The molecule has 0 N–H and O–H groups in total. The summed E-state index contributed by atoms with van der Waals surface area (Å²) in [4.78, 5) is 37.0. The molecule has 0 saturated heterocycles. The van der Waals surface area contributed by atoms with E-state index in [1.807, 2.05) is 25.1 Å². The van der Waals surface area contributed by atoms with Crippen molar-refractivity contribution in [2.45, 2.75) is 6.92 Å². The van der Waals surface area contributed by atoms with Gasteiger partial charge in [-0.05, 0) is 18.4 Å². The second-order valence-electron chi connectivity index (χ2n) is 5.79. The molecule has 27 heavy (non-hydrogen) atoms. The van der Waals surface area contributed by atoms with Crippen molar-refractivity contribution in [3.63, 3.8) is 0 Å². The van der Waals surface area contributed by atoms with E-state index in [4.69, 9.17) is 4.74 Å². The minimum Gasteiger partial charge on any atom is -0.465 e. The third kappa shape index (κ3) is 3.24. The monoisotopic (exact) mass is 402 g/mol. The summed E-state index contributed by atoms with van der Waals surface area (Å²) < 4.78 is 6.66. The number of carbonyl (C=O) groups is 1. The van der Waals surface area contributed by atoms with E-state index in [1.165, 1.54) is 34.7 Å². The van der Waals surface area contributed by atoms with Crippen molar-refractivity contribution in [2.75, 3.05) is 26.1 Å². The number of nitrogens with zero attached hydrogens (tertiary/aromatic N) is 4. The number of esters is 1. The SMILES string of the molecule is C=CS/C(C(=O)OC)=C(\C)n1cnc2c(sc3nccc(N(C)C)c32)c1=O. The van der Waals surface area contributed by atoms with Crippen LogP contribution in [0.5, 0.6) is 0 Å². The molecule has 0 aliphatic heterocycles. The summed E-state index contributed by atoms with van der Waals surface area (Å²) in [7, 11) is 5.16. The van der Waals surface area contributed by atoms with Gasteiger partial charge in [0.1, 0.15) is 20.8 Å². The minimum absolute atomic E-state index is 0.253. The fourth-order valence-corrected chi connectivity index (χ4v) is 4.38. The van der Waals surface area contributed by atoms with Crippen LogP contribution in [0.1, 0.15) is 6.92 Å². The summed E-state index contributed by atoms with van der Waals surface area (Å²) >= 11 is 2.39. The van der Waals surface area contributed by atoms with Crippen LogP contribution < -0.4 is 10.5 Å². The zero-order valence-corrected chi connectivity index (χ0v) is 17.0. The van der Waals surface area contributed by atoms with Crippen LogP contribution >= 0.6 is 23.1 Å². The molecule has 3 heterocycles. The topological polar surface area (TPSA) is 77.3 Å². The Labute approximate surface area is 164 Å². The Kier molecular flexibility index (Phi) is 5.33. The number of anilines is 1. The van der Waals surface area contributed by atoms with Crippen LogP contribution in [0, 0.1) is 0 Å². The van der Waals surface area contributed by atoms with Crippen molar-refractivity contribution in [1.82, 2.24) is 14.5 Å². The molecule has 0 aliphatic carbocycles. The summed E-state index contributed by atoms with van der Waals surface area (Å²) in [6.45, 7) is 5.30. The van der Waals surface area contributed by atoms with E-state index in [1.54, 1.807) is 13.1 Å². The molecule has 9 heteroatoms. The number of thiophene rings is 1. The van der Waals surface area contributed by atoms with Crippen molar-refractivity contribution in [3.05, 3.63) is 45.8 Å². The predicted octanol–water partition coefficient (Wildman–Crippen LogP) is 3.31. The van der Waals surface area contributed by atoms with Crippen LogP contribution in [0.3, 0.4) is 0 Å². The van der Waals surface area contributed by atoms with Gasteiger partial charge in [-0.3, -0.25) is 9.36 Å². The quantitative estimate of drug-likeness (QED) is 0.479. The molecule has 0 spiro atoms. The number of ether oxygens (including phenoxy) is 1. The Hall–Kier alpha value is -2.65. The first-order valence-corrected chi connectivity index (χ1v) is 9.63. The maximum absolute atomic E-state index is 13.1. The van der Waals surface area contributed by atoms with Gasteiger partial charge in [0, 0.05) is 26.0 Å². The average Bonchev–Trinajstić information content (AvgIpc) is 3.05. The number of pyridine rings is 1. The molecule has 0 bridgehead atoms. The number of rotatable bonds is 5. The van der Waals surface area contributed by atoms with Gasteiger partial charge < -0.3 is 9.64 Å². The second-order valence-corrected chi connectivity index (χ2v) is 7.77. The number of thioether (sulfide) groups is 1. The van der Waals surface area contributed by atoms with Gasteiger partial charge in [-0.2, -0.15) is 0 Å². The molecule has 0 atom stereocenters. The van der Waals surface area contributed by atoms with Crippen molar-refractivity contribution in [1.29, 1.82) is 0 Å². The van der Waals surface area contributed by atoms with Crippen LogP contribution in [0.4, 0.5) is 5.69 Å². The van der Waals surface area contributed by atoms with E-state index in [-0.39, 0.29) is 10.5 Å². The van der Waals surface area contributed by atoms with E-state index < -0.39 is 5.97 Å². The molecular weight excluding hydrogens is 384 g/mol. The molecule has 0 amide bonds. The largest absolute Gasteiger partial charge is 0.465 e. The van der Waals surface area contributed by atoms with Gasteiger partial charge in [-0.1, -0.05) is 18.3 Å². The van der Waals surface area contributed by atoms with Gasteiger partial charge in [0.15, 0.2) is 0 Å². The van der Waals surface area contributed by atoms with Crippen molar-refractivity contribution < 1.29 is 9.53 Å². The highest BCUT2D eigenvalue weighted by Gasteiger charge is 2.19. The molecule has 0 aliphatic rings. The molecule has 0 unspecified atom stereocenters. The smallest absolute Gasteiger partial charge is 0.346 e. The Morgan fingerprint density at radius 1 is 1.41 bits per heavy atom. The zero-order chi connectivity index (χ0) is 19.7. The van der Waals surface area contributed by atoms with E-state index in [0.29, 0.717) is 15.9 Å². The predicted molar refractivity (Wildman–Crippen MR) is 112 cm³/mol. The Bertz CT molecular complexity index is 1140. The number of allylic oxidation sites excluding steroid dienone is 1. The molecule has 0 radical (unpaired) electrons. The standard InChI is InChI=1S/C18H18N4O3S2/c1-6-26-14(18(24)25-5)10(2)22-9-20-13-12-11(21(3)4)7-8-19-16(12)27-15(13)17(22)23/h6-9H,1H2,2-5H3/b14-10+. The summed E-state index contributed by atoms with van der Waals surface area (Å²) in [5.74, 6) is -0.530. The number of carbonyl (C=O) groups excluding carboxylic acids is 1. The highest BCUT2D eigenvalue weighted by Crippen LogP contribution is 2.35. The summed E-state index contributed by atoms with van der Waals surface area (Å²) in [6, 6.07) is 1.89. The first-order chi connectivity index (χ1) is 12.9. The number of hydrogen-bond acceptors (Lipinski definition) is 8. The van der Waals surface area contributed by atoms with Crippen LogP contribution in [0.15, 0.2) is 40.3 Å². The van der Waals surface area contributed by atoms with Crippen molar-refractivity contribution in [2.24, 2.45) is 0 Å². The van der Waals surface area contributed by atoms with Crippen molar-refractivity contribution in [3.8, 4) is 0 Å². The minimum atomic E-state index is -0.530. The lowest BCUT2D eigenvalue weighted by atomic mass is 10.2. The van der Waals surface area contributed by atoms with Gasteiger partial charge in [0.05, 0.1) is 23.7 Å². The Morgan fingerprint density at radius 3 is 2.78 bits per heavy atom. The zero-order valence-electron chi connectivity index (χ0n) is 15.3. The molecule has 140 valence electrons. The molecule has 0 saturated carbocycles. The van der Waals surface area contributed by atoms with E-state index in [2.05, 4.69) is 16.5 Å². The first kappa shape index (κ1) is 19.1. The van der Waals surface area contributed by atoms with Gasteiger partial charge in [0.25, 0.3) is 5.56 Å². The normalized spacial score (nSPS) is 12.1. The third-order valence-corrected chi connectivity index (χ3v) is 5.94. The lowest BCUT2D eigenvalue weighted by Crippen LogP contribution is -2.20. The van der Waals surface area contributed by atoms with E-state index in [9.17, 15) is 9.59 Å². The van der Waals surface area contributed by atoms with E-state index in [0.717, 1.165) is 27.7 Å². The summed E-state index contributed by atoms with van der Waals surface area (Å²) in [5, 5.41) is 2.36. The fraction of sp³-hybridized carbons (Fsp3) is 0.222. The lowest BCUT2D eigenvalue weighted by molar-refractivity contribution is -0.135. The van der Waals surface area contributed by atoms with Crippen LogP contribution in [-0.2, 0) is 9.53 Å². The average molecular weight is 403 g/mol. The fourth-order valence-electron chi connectivity index (χ4n) is 2.72. The highest BCUT2D eigenvalue weighted by atomic mass is 32.2.